The molecule has 1 unspecified atom stereocenters. The van der Waals surface area contributed by atoms with E-state index in [1.54, 1.807) is 6.92 Å². The highest BCUT2D eigenvalue weighted by molar-refractivity contribution is 5.82. The Morgan fingerprint density at radius 2 is 2.00 bits per heavy atom. The van der Waals surface area contributed by atoms with Crippen molar-refractivity contribution in [1.82, 2.24) is 4.98 Å². The molecule has 0 amide bonds. The number of hydrogen-bond donors (Lipinski definition) is 1. The van der Waals surface area contributed by atoms with Crippen LogP contribution in [0.2, 0.25) is 0 Å². The third-order valence-corrected chi connectivity index (χ3v) is 2.98. The Bertz CT molecular complexity index is 590. The molecule has 0 saturated heterocycles. The van der Waals surface area contributed by atoms with Gasteiger partial charge >= 0.3 is 5.97 Å². The number of rotatable bonds is 2. The summed E-state index contributed by atoms with van der Waals surface area (Å²) in [5.74, 6) is -1.41. The van der Waals surface area contributed by atoms with E-state index in [0.29, 0.717) is 5.69 Å². The van der Waals surface area contributed by atoms with Crippen molar-refractivity contribution < 1.29 is 9.90 Å². The first kappa shape index (κ1) is 11.6. The van der Waals surface area contributed by atoms with Gasteiger partial charge < -0.3 is 5.11 Å². The van der Waals surface area contributed by atoms with Gasteiger partial charge in [0.15, 0.2) is 0 Å². The van der Waals surface area contributed by atoms with E-state index >= 15 is 0 Å². The molecule has 0 aliphatic heterocycles. The second-order valence-corrected chi connectivity index (χ2v) is 4.45. The maximum Gasteiger partial charge on any atom is 0.312 e. The number of hydrogen-bond acceptors (Lipinski definition) is 2. The average Bonchev–Trinajstić information content (AvgIpc) is 2.27. The van der Waals surface area contributed by atoms with E-state index in [2.05, 4.69) is 4.98 Å². The van der Waals surface area contributed by atoms with Crippen molar-refractivity contribution in [1.29, 1.82) is 0 Å². The summed E-state index contributed by atoms with van der Waals surface area (Å²) < 4.78 is 0. The van der Waals surface area contributed by atoms with Gasteiger partial charge in [-0.2, -0.15) is 0 Å². The number of pyridine rings is 1. The van der Waals surface area contributed by atoms with Crippen LogP contribution in [-0.2, 0) is 4.79 Å². The second-order valence-electron chi connectivity index (χ2n) is 4.45. The largest absolute Gasteiger partial charge is 0.481 e. The molecule has 0 radical (unpaired) electrons. The van der Waals surface area contributed by atoms with Crippen LogP contribution < -0.4 is 0 Å². The Labute approximate surface area is 100 Å². The lowest BCUT2D eigenvalue weighted by Gasteiger charge is -2.11. The molecule has 1 N–H and O–H groups in total. The average molecular weight is 229 g/mol. The molecule has 2 aromatic rings. The smallest absolute Gasteiger partial charge is 0.312 e. The van der Waals surface area contributed by atoms with Crippen LogP contribution in [0, 0.1) is 13.8 Å². The Morgan fingerprint density at radius 3 is 2.65 bits per heavy atom. The lowest BCUT2D eigenvalue weighted by molar-refractivity contribution is -0.138. The molecule has 0 bridgehead atoms. The fraction of sp³-hybridized carbons (Fsp3) is 0.286. The number of nitrogens with zero attached hydrogens (tertiary/aromatic N) is 1. The molecule has 1 heterocycles. The molecule has 0 aliphatic carbocycles. The van der Waals surface area contributed by atoms with Gasteiger partial charge in [-0.15, -0.1) is 0 Å². The third-order valence-electron chi connectivity index (χ3n) is 2.98. The second kappa shape index (κ2) is 4.17. The van der Waals surface area contributed by atoms with Gasteiger partial charge in [0.2, 0.25) is 0 Å². The van der Waals surface area contributed by atoms with Crippen molar-refractivity contribution in [3.63, 3.8) is 0 Å². The zero-order chi connectivity index (χ0) is 12.6. The van der Waals surface area contributed by atoms with E-state index in [1.165, 1.54) is 0 Å². The summed E-state index contributed by atoms with van der Waals surface area (Å²) in [6.45, 7) is 5.57. The van der Waals surface area contributed by atoms with Crippen molar-refractivity contribution in [2.45, 2.75) is 26.7 Å². The van der Waals surface area contributed by atoms with E-state index in [-0.39, 0.29) is 0 Å². The van der Waals surface area contributed by atoms with Crippen molar-refractivity contribution in [2.75, 3.05) is 0 Å². The van der Waals surface area contributed by atoms with Gasteiger partial charge in [-0.25, -0.2) is 0 Å². The first-order valence-electron chi connectivity index (χ1n) is 5.60. The maximum absolute atomic E-state index is 11.0. The molecule has 0 saturated carbocycles. The quantitative estimate of drug-likeness (QED) is 0.861. The summed E-state index contributed by atoms with van der Waals surface area (Å²) in [5.41, 5.74) is 3.56. The number of aromatic nitrogens is 1. The zero-order valence-corrected chi connectivity index (χ0v) is 10.2. The van der Waals surface area contributed by atoms with Gasteiger partial charge in [0.25, 0.3) is 0 Å². The highest BCUT2D eigenvalue weighted by Gasteiger charge is 2.18. The summed E-state index contributed by atoms with van der Waals surface area (Å²) in [6, 6.07) is 8.02. The van der Waals surface area contributed by atoms with Crippen LogP contribution >= 0.6 is 0 Å². The van der Waals surface area contributed by atoms with Crippen LogP contribution in [0.1, 0.15) is 29.7 Å². The molecule has 88 valence electrons. The molecule has 3 nitrogen and oxygen atoms in total. The van der Waals surface area contributed by atoms with E-state index in [1.807, 2.05) is 38.1 Å². The van der Waals surface area contributed by atoms with Gasteiger partial charge in [0.05, 0.1) is 17.1 Å². The molecule has 3 heteroatoms. The van der Waals surface area contributed by atoms with Crippen molar-refractivity contribution in [3.8, 4) is 0 Å². The number of aryl methyl sites for hydroxylation is 2. The van der Waals surface area contributed by atoms with Gasteiger partial charge in [-0.05, 0) is 44.0 Å². The van der Waals surface area contributed by atoms with Gasteiger partial charge in [0.1, 0.15) is 0 Å². The summed E-state index contributed by atoms with van der Waals surface area (Å²) in [4.78, 5) is 15.5. The van der Waals surface area contributed by atoms with Crippen LogP contribution in [0.25, 0.3) is 10.9 Å². The van der Waals surface area contributed by atoms with E-state index in [9.17, 15) is 4.79 Å². The Balaban J connectivity index is 2.65. The summed E-state index contributed by atoms with van der Waals surface area (Å²) in [5, 5.41) is 10.1. The third kappa shape index (κ3) is 2.13. The molecule has 2 rings (SSSR count). The monoisotopic (exact) mass is 229 g/mol. The lowest BCUT2D eigenvalue weighted by Crippen LogP contribution is -2.11. The SMILES string of the molecule is Cc1ccc2cc(C)c(C(C)C(=O)O)nc2c1. The van der Waals surface area contributed by atoms with Crippen LogP contribution in [0.4, 0.5) is 0 Å². The molecule has 1 atom stereocenters. The number of carboxylic acid groups (broad SMARTS) is 1. The number of benzene rings is 1. The number of fused-ring (bicyclic) bond motifs is 1. The minimum Gasteiger partial charge on any atom is -0.481 e. The highest BCUT2D eigenvalue weighted by Crippen LogP contribution is 2.23. The van der Waals surface area contributed by atoms with E-state index in [4.69, 9.17) is 5.11 Å². The van der Waals surface area contributed by atoms with Crippen LogP contribution in [0.15, 0.2) is 24.3 Å². The normalized spacial score (nSPS) is 12.6. The molecular weight excluding hydrogens is 214 g/mol. The highest BCUT2D eigenvalue weighted by atomic mass is 16.4. The summed E-state index contributed by atoms with van der Waals surface area (Å²) >= 11 is 0. The zero-order valence-electron chi connectivity index (χ0n) is 10.2. The van der Waals surface area contributed by atoms with Crippen LogP contribution in [0.5, 0.6) is 0 Å². The van der Waals surface area contributed by atoms with E-state index < -0.39 is 11.9 Å². The van der Waals surface area contributed by atoms with Gasteiger partial charge in [-0.1, -0.05) is 12.1 Å². The lowest BCUT2D eigenvalue weighted by atomic mass is 10.0. The number of aliphatic carboxylic acids is 1. The van der Waals surface area contributed by atoms with E-state index in [0.717, 1.165) is 22.0 Å². The fourth-order valence-corrected chi connectivity index (χ4v) is 1.95. The Hall–Kier alpha value is -1.90. The van der Waals surface area contributed by atoms with Crippen LogP contribution in [0.3, 0.4) is 0 Å². The molecule has 1 aromatic carbocycles. The molecule has 0 spiro atoms. The first-order valence-corrected chi connectivity index (χ1v) is 5.60. The minimum atomic E-state index is -0.840. The maximum atomic E-state index is 11.0. The molecule has 1 aromatic heterocycles. The predicted molar refractivity (Wildman–Crippen MR) is 67.3 cm³/mol. The summed E-state index contributed by atoms with van der Waals surface area (Å²) in [6.07, 6.45) is 0. The molecule has 0 fully saturated rings. The predicted octanol–water partition coefficient (Wildman–Crippen LogP) is 3.04. The minimum absolute atomic E-state index is 0.570. The summed E-state index contributed by atoms with van der Waals surface area (Å²) in [7, 11) is 0. The van der Waals surface area contributed by atoms with Gasteiger partial charge in [-0.3, -0.25) is 9.78 Å². The van der Waals surface area contributed by atoms with Gasteiger partial charge in [0, 0.05) is 5.39 Å². The van der Waals surface area contributed by atoms with Crippen molar-refractivity contribution >= 4 is 16.9 Å². The molecular formula is C14H15NO2. The Kier molecular flexibility index (Phi) is 2.84. The van der Waals surface area contributed by atoms with Crippen molar-refractivity contribution in [2.24, 2.45) is 0 Å². The van der Waals surface area contributed by atoms with Crippen LogP contribution in [-0.4, -0.2) is 16.1 Å². The van der Waals surface area contributed by atoms with Crippen molar-refractivity contribution in [3.05, 3.63) is 41.1 Å². The first-order chi connectivity index (χ1) is 7.99. The molecule has 0 aliphatic rings. The number of carboxylic acids is 1. The molecule has 17 heavy (non-hydrogen) atoms. The standard InChI is InChI=1S/C14H15NO2/c1-8-4-5-11-7-9(2)13(10(3)14(16)17)15-12(11)6-8/h4-7,10H,1-3H3,(H,16,17). The fourth-order valence-electron chi connectivity index (χ4n) is 1.95. The Morgan fingerprint density at radius 1 is 1.29 bits per heavy atom. The number of carbonyl (C=O) groups is 1. The topological polar surface area (TPSA) is 50.2 Å².